The molecule has 0 radical (unpaired) electrons. The zero-order chi connectivity index (χ0) is 21.6. The van der Waals surface area contributed by atoms with E-state index in [9.17, 15) is 9.59 Å². The van der Waals surface area contributed by atoms with Crippen molar-refractivity contribution in [2.24, 2.45) is 0 Å². The number of amides is 2. The second-order valence-corrected chi connectivity index (χ2v) is 8.47. The minimum atomic E-state index is -0.810. The molecule has 2 aromatic heterocycles. The Morgan fingerprint density at radius 1 is 1.19 bits per heavy atom. The van der Waals surface area contributed by atoms with Crippen molar-refractivity contribution in [2.75, 3.05) is 11.5 Å². The van der Waals surface area contributed by atoms with Gasteiger partial charge in [-0.3, -0.25) is 14.5 Å². The van der Waals surface area contributed by atoms with Crippen LogP contribution < -0.4 is 15.0 Å². The summed E-state index contributed by atoms with van der Waals surface area (Å²) in [4.78, 5) is 29.4. The third kappa shape index (κ3) is 4.82. The van der Waals surface area contributed by atoms with Crippen molar-refractivity contribution in [1.82, 2.24) is 5.32 Å². The highest BCUT2D eigenvalue weighted by atomic mass is 32.1. The van der Waals surface area contributed by atoms with Gasteiger partial charge in [0.1, 0.15) is 5.75 Å². The topological polar surface area (TPSA) is 71.8 Å². The number of furan rings is 1. The Bertz CT molecular complexity index is 995. The summed E-state index contributed by atoms with van der Waals surface area (Å²) in [5.41, 5.74) is 0.576. The molecule has 1 unspecified atom stereocenters. The van der Waals surface area contributed by atoms with Crippen LogP contribution in [0.15, 0.2) is 64.6 Å². The summed E-state index contributed by atoms with van der Waals surface area (Å²) in [6.45, 7) is 2.41. The van der Waals surface area contributed by atoms with E-state index >= 15 is 0 Å². The number of hydrogen-bond donors (Lipinski definition) is 1. The summed E-state index contributed by atoms with van der Waals surface area (Å²) in [6.07, 6.45) is 5.62. The Morgan fingerprint density at radius 3 is 2.71 bits per heavy atom. The van der Waals surface area contributed by atoms with Crippen LogP contribution in [0.1, 0.15) is 54.1 Å². The number of rotatable bonds is 8. The molecule has 1 saturated carbocycles. The van der Waals surface area contributed by atoms with E-state index in [1.54, 1.807) is 18.2 Å². The fraction of sp³-hybridized carbons (Fsp3) is 0.333. The summed E-state index contributed by atoms with van der Waals surface area (Å²) in [5.74, 6) is 0.255. The Balaban J connectivity index is 1.77. The minimum absolute atomic E-state index is 0.144. The van der Waals surface area contributed by atoms with Gasteiger partial charge in [-0.15, -0.1) is 11.3 Å². The van der Waals surface area contributed by atoms with Gasteiger partial charge in [0.05, 0.1) is 12.9 Å². The quantitative estimate of drug-likeness (QED) is 0.526. The lowest BCUT2D eigenvalue weighted by Gasteiger charge is -2.31. The Kier molecular flexibility index (Phi) is 6.72. The van der Waals surface area contributed by atoms with E-state index in [0.717, 1.165) is 30.6 Å². The summed E-state index contributed by atoms with van der Waals surface area (Å²) < 4.78 is 11.1. The summed E-state index contributed by atoms with van der Waals surface area (Å²) in [7, 11) is 0. The monoisotopic (exact) mass is 438 g/mol. The third-order valence-corrected chi connectivity index (χ3v) is 6.30. The molecular formula is C24H26N2O4S. The van der Waals surface area contributed by atoms with Gasteiger partial charge in [-0.1, -0.05) is 25.0 Å². The molecule has 1 aliphatic carbocycles. The number of anilines is 1. The van der Waals surface area contributed by atoms with Gasteiger partial charge in [-0.05, 0) is 55.5 Å². The van der Waals surface area contributed by atoms with E-state index in [1.807, 2.05) is 42.6 Å². The van der Waals surface area contributed by atoms with Gasteiger partial charge >= 0.3 is 0 Å². The van der Waals surface area contributed by atoms with Crippen LogP contribution in [0.5, 0.6) is 5.75 Å². The standard InChI is InChI=1S/C24H26N2O4S/c1-2-29-19-11-5-10-18(16-19)26(24(28)20-12-6-14-30-20)22(21-13-7-15-31-21)23(27)25-17-8-3-4-9-17/h5-7,10-17,22H,2-4,8-9H2,1H3,(H,25,27). The van der Waals surface area contributed by atoms with Gasteiger partial charge in [0.15, 0.2) is 11.8 Å². The number of carbonyl (C=O) groups is 2. The van der Waals surface area contributed by atoms with Crippen molar-refractivity contribution in [2.45, 2.75) is 44.7 Å². The highest BCUT2D eigenvalue weighted by Crippen LogP contribution is 2.34. The number of ether oxygens (including phenoxy) is 1. The molecule has 1 aromatic carbocycles. The van der Waals surface area contributed by atoms with Crippen LogP contribution in [-0.4, -0.2) is 24.5 Å². The smallest absolute Gasteiger partial charge is 0.295 e. The van der Waals surface area contributed by atoms with E-state index in [2.05, 4.69) is 5.32 Å². The number of benzene rings is 1. The molecule has 1 fully saturated rings. The van der Waals surface area contributed by atoms with Crippen LogP contribution in [0.25, 0.3) is 0 Å². The third-order valence-electron chi connectivity index (χ3n) is 5.38. The van der Waals surface area contributed by atoms with E-state index < -0.39 is 6.04 Å². The maximum Gasteiger partial charge on any atom is 0.295 e. The minimum Gasteiger partial charge on any atom is -0.494 e. The van der Waals surface area contributed by atoms with Gasteiger partial charge in [0.2, 0.25) is 5.91 Å². The Labute approximate surface area is 185 Å². The number of carbonyl (C=O) groups excluding carboxylic acids is 2. The SMILES string of the molecule is CCOc1cccc(N(C(=O)c2ccco2)C(C(=O)NC2CCCC2)c2cccs2)c1. The molecule has 0 aliphatic heterocycles. The fourth-order valence-electron chi connectivity index (χ4n) is 3.96. The molecule has 6 nitrogen and oxygen atoms in total. The lowest BCUT2D eigenvalue weighted by Crippen LogP contribution is -2.46. The molecule has 4 rings (SSSR count). The van der Waals surface area contributed by atoms with Crippen LogP contribution in [0.2, 0.25) is 0 Å². The molecular weight excluding hydrogens is 412 g/mol. The molecule has 31 heavy (non-hydrogen) atoms. The zero-order valence-electron chi connectivity index (χ0n) is 17.5. The molecule has 1 aliphatic rings. The van der Waals surface area contributed by atoms with Crippen LogP contribution in [0.4, 0.5) is 5.69 Å². The molecule has 162 valence electrons. The van der Waals surface area contributed by atoms with Crippen molar-refractivity contribution >= 4 is 28.8 Å². The Morgan fingerprint density at radius 2 is 2.03 bits per heavy atom. The predicted molar refractivity (Wildman–Crippen MR) is 121 cm³/mol. The van der Waals surface area contributed by atoms with Crippen molar-refractivity contribution < 1.29 is 18.7 Å². The maximum absolute atomic E-state index is 13.6. The van der Waals surface area contributed by atoms with Crippen molar-refractivity contribution in [3.63, 3.8) is 0 Å². The summed E-state index contributed by atoms with van der Waals surface area (Å²) in [6, 6.07) is 13.6. The number of hydrogen-bond acceptors (Lipinski definition) is 5. The maximum atomic E-state index is 13.6. The fourth-order valence-corrected chi connectivity index (χ4v) is 4.78. The molecule has 1 N–H and O–H groups in total. The first-order valence-corrected chi connectivity index (χ1v) is 11.5. The van der Waals surface area contributed by atoms with E-state index in [4.69, 9.17) is 9.15 Å². The lowest BCUT2D eigenvalue weighted by atomic mass is 10.1. The highest BCUT2D eigenvalue weighted by molar-refractivity contribution is 7.10. The van der Waals surface area contributed by atoms with Gasteiger partial charge in [0.25, 0.3) is 5.91 Å². The van der Waals surface area contributed by atoms with Gasteiger partial charge in [-0.2, -0.15) is 0 Å². The van der Waals surface area contributed by atoms with E-state index in [0.29, 0.717) is 18.0 Å². The van der Waals surface area contributed by atoms with Gasteiger partial charge < -0.3 is 14.5 Å². The number of nitrogens with one attached hydrogen (secondary N) is 1. The molecule has 2 heterocycles. The average molecular weight is 439 g/mol. The van der Waals surface area contributed by atoms with Crippen LogP contribution in [-0.2, 0) is 4.79 Å². The van der Waals surface area contributed by atoms with Crippen LogP contribution in [0, 0.1) is 0 Å². The van der Waals surface area contributed by atoms with Crippen LogP contribution >= 0.6 is 11.3 Å². The first kappa shape index (κ1) is 21.2. The van der Waals surface area contributed by atoms with E-state index in [1.165, 1.54) is 22.5 Å². The molecule has 3 aromatic rings. The summed E-state index contributed by atoms with van der Waals surface area (Å²) >= 11 is 1.45. The normalized spacial score (nSPS) is 14.9. The van der Waals surface area contributed by atoms with Crippen molar-refractivity contribution in [3.8, 4) is 5.75 Å². The van der Waals surface area contributed by atoms with Crippen molar-refractivity contribution in [3.05, 3.63) is 70.8 Å². The molecule has 1 atom stereocenters. The lowest BCUT2D eigenvalue weighted by molar-refractivity contribution is -0.123. The average Bonchev–Trinajstić information content (AvgIpc) is 3.55. The van der Waals surface area contributed by atoms with Crippen molar-refractivity contribution in [1.29, 1.82) is 0 Å². The largest absolute Gasteiger partial charge is 0.494 e. The molecule has 7 heteroatoms. The van der Waals surface area contributed by atoms with E-state index in [-0.39, 0.29) is 23.6 Å². The number of nitrogens with zero attached hydrogens (tertiary/aromatic N) is 1. The first-order valence-electron chi connectivity index (χ1n) is 10.6. The molecule has 0 bridgehead atoms. The second kappa shape index (κ2) is 9.83. The predicted octanol–water partition coefficient (Wildman–Crippen LogP) is 5.19. The summed E-state index contributed by atoms with van der Waals surface area (Å²) in [5, 5.41) is 5.08. The van der Waals surface area contributed by atoms with Gasteiger partial charge in [-0.25, -0.2) is 0 Å². The zero-order valence-corrected chi connectivity index (χ0v) is 18.3. The first-order chi connectivity index (χ1) is 15.2. The molecule has 2 amide bonds. The second-order valence-electron chi connectivity index (χ2n) is 7.49. The Hall–Kier alpha value is -3.06. The molecule has 0 spiro atoms. The van der Waals surface area contributed by atoms with Gasteiger partial charge in [0, 0.05) is 22.7 Å². The highest BCUT2D eigenvalue weighted by Gasteiger charge is 2.36. The van der Waals surface area contributed by atoms with Crippen LogP contribution in [0.3, 0.4) is 0 Å². The molecule has 0 saturated heterocycles. The number of thiophene rings is 1.